The minimum absolute atomic E-state index is 0.0467. The summed E-state index contributed by atoms with van der Waals surface area (Å²) in [6.45, 7) is 4.59. The molecular weight excluding hydrogens is 333 g/mol. The first-order chi connectivity index (χ1) is 8.34. The summed E-state index contributed by atoms with van der Waals surface area (Å²) in [5.41, 5.74) is 0.0978. The number of hydrogen-bond donors (Lipinski definition) is 1. The third-order valence-corrected chi connectivity index (χ3v) is 6.04. The first-order valence-electron chi connectivity index (χ1n) is 5.11. The zero-order chi connectivity index (χ0) is 15.1. The first kappa shape index (κ1) is 16.6. The molecule has 0 aromatic heterocycles. The van der Waals surface area contributed by atoms with E-state index >= 15 is 0 Å². The highest BCUT2D eigenvalue weighted by atomic mass is 35.7. The maximum Gasteiger partial charge on any atom is 0.261 e. The molecule has 19 heavy (non-hydrogen) atoms. The van der Waals surface area contributed by atoms with Crippen molar-refractivity contribution < 1.29 is 16.8 Å². The van der Waals surface area contributed by atoms with Gasteiger partial charge in [0.15, 0.2) is 0 Å². The van der Waals surface area contributed by atoms with Gasteiger partial charge in [0.05, 0.1) is 20.4 Å². The summed E-state index contributed by atoms with van der Waals surface area (Å²) in [6, 6.07) is 3.51. The lowest BCUT2D eigenvalue weighted by Crippen LogP contribution is -2.33. The van der Waals surface area contributed by atoms with Crippen LogP contribution in [-0.2, 0) is 19.1 Å². The van der Waals surface area contributed by atoms with Crippen molar-refractivity contribution in [3.8, 4) is 0 Å². The summed E-state index contributed by atoms with van der Waals surface area (Å²) >= 11 is 5.84. The Hall–Kier alpha value is -0.500. The number of halogens is 2. The Bertz CT molecular complexity index is 691. The van der Waals surface area contributed by atoms with Gasteiger partial charge in [-0.15, -0.1) is 0 Å². The molecule has 0 aliphatic carbocycles. The minimum Gasteiger partial charge on any atom is -0.282 e. The molecule has 1 aromatic carbocycles. The number of anilines is 1. The van der Waals surface area contributed by atoms with E-state index in [1.165, 1.54) is 32.9 Å². The van der Waals surface area contributed by atoms with Gasteiger partial charge in [0, 0.05) is 10.7 Å². The molecule has 9 heteroatoms. The van der Waals surface area contributed by atoms with Crippen LogP contribution >= 0.6 is 22.3 Å². The Balaban J connectivity index is 3.20. The largest absolute Gasteiger partial charge is 0.282 e. The molecule has 0 spiro atoms. The molecule has 0 saturated heterocycles. The second-order valence-corrected chi connectivity index (χ2v) is 10.2. The number of hydrogen-bond acceptors (Lipinski definition) is 4. The molecule has 0 atom stereocenters. The molecule has 0 unspecified atom stereocenters. The van der Waals surface area contributed by atoms with E-state index in [-0.39, 0.29) is 15.6 Å². The van der Waals surface area contributed by atoms with Gasteiger partial charge >= 0.3 is 0 Å². The molecule has 0 fully saturated rings. The Morgan fingerprint density at radius 2 is 1.63 bits per heavy atom. The normalized spacial score (nSPS) is 13.3. The van der Waals surface area contributed by atoms with Gasteiger partial charge in [0.25, 0.3) is 9.05 Å². The summed E-state index contributed by atoms with van der Waals surface area (Å²) in [4.78, 5) is -0.196. The summed E-state index contributed by atoms with van der Waals surface area (Å²) in [5, 5.41) is -0.0467. The van der Waals surface area contributed by atoms with Crippen LogP contribution in [0.25, 0.3) is 0 Å². The third kappa shape index (κ3) is 3.98. The van der Waals surface area contributed by atoms with E-state index in [9.17, 15) is 16.8 Å². The van der Waals surface area contributed by atoms with Gasteiger partial charge in [-0.25, -0.2) is 16.8 Å². The van der Waals surface area contributed by atoms with E-state index < -0.39 is 23.8 Å². The zero-order valence-corrected chi connectivity index (χ0v) is 13.6. The Kier molecular flexibility index (Phi) is 4.46. The molecule has 0 aliphatic rings. The van der Waals surface area contributed by atoms with Crippen molar-refractivity contribution >= 4 is 47.0 Å². The van der Waals surface area contributed by atoms with Gasteiger partial charge < -0.3 is 0 Å². The van der Waals surface area contributed by atoms with E-state index in [4.69, 9.17) is 22.3 Å². The van der Waals surface area contributed by atoms with Gasteiger partial charge in [-0.3, -0.25) is 4.72 Å². The Morgan fingerprint density at radius 1 is 1.11 bits per heavy atom. The molecule has 0 saturated carbocycles. The van der Waals surface area contributed by atoms with Crippen molar-refractivity contribution in [2.24, 2.45) is 0 Å². The summed E-state index contributed by atoms with van der Waals surface area (Å²) in [7, 11) is -2.38. The van der Waals surface area contributed by atoms with E-state index in [0.29, 0.717) is 0 Å². The Morgan fingerprint density at radius 3 is 2.00 bits per heavy atom. The maximum atomic E-state index is 11.9. The van der Waals surface area contributed by atoms with Crippen LogP contribution in [-0.4, -0.2) is 21.6 Å². The lowest BCUT2D eigenvalue weighted by atomic mass is 10.3. The quantitative estimate of drug-likeness (QED) is 0.854. The lowest BCUT2D eigenvalue weighted by Gasteiger charge is -2.21. The lowest BCUT2D eigenvalue weighted by molar-refractivity contribution is 0.566. The molecule has 0 radical (unpaired) electrons. The van der Waals surface area contributed by atoms with E-state index in [1.54, 1.807) is 0 Å². The van der Waals surface area contributed by atoms with Crippen molar-refractivity contribution in [3.63, 3.8) is 0 Å². The molecule has 0 amide bonds. The van der Waals surface area contributed by atoms with Crippen LogP contribution in [0.2, 0.25) is 5.02 Å². The summed E-state index contributed by atoms with van der Waals surface area (Å²) in [5.74, 6) is 0. The van der Waals surface area contributed by atoms with Crippen LogP contribution < -0.4 is 4.72 Å². The fraction of sp³-hybridized carbons (Fsp3) is 0.400. The molecule has 0 aliphatic heterocycles. The third-order valence-electron chi connectivity index (χ3n) is 2.27. The molecule has 5 nitrogen and oxygen atoms in total. The van der Waals surface area contributed by atoms with E-state index in [2.05, 4.69) is 4.72 Å². The second-order valence-electron chi connectivity index (χ2n) is 4.80. The van der Waals surface area contributed by atoms with Gasteiger partial charge in [0.2, 0.25) is 10.0 Å². The van der Waals surface area contributed by atoms with Crippen LogP contribution in [0.5, 0.6) is 0 Å². The molecule has 108 valence electrons. The molecule has 0 heterocycles. The van der Waals surface area contributed by atoms with Crippen LogP contribution in [0, 0.1) is 0 Å². The van der Waals surface area contributed by atoms with E-state index in [0.717, 1.165) is 6.07 Å². The van der Waals surface area contributed by atoms with Gasteiger partial charge in [-0.1, -0.05) is 11.6 Å². The van der Waals surface area contributed by atoms with Crippen LogP contribution in [0.15, 0.2) is 23.1 Å². The smallest absolute Gasteiger partial charge is 0.261 e. The fourth-order valence-corrected chi connectivity index (χ4v) is 2.93. The Labute approximate surface area is 122 Å². The monoisotopic (exact) mass is 345 g/mol. The number of sulfonamides is 1. The summed E-state index contributed by atoms with van der Waals surface area (Å²) < 4.78 is 47.4. The maximum absolute atomic E-state index is 11.9. The average Bonchev–Trinajstić information content (AvgIpc) is 2.17. The molecule has 1 rings (SSSR count). The SMILES string of the molecule is CC(C)(C)S(=O)(=O)Nc1ccc(S(=O)(=O)Cl)cc1Cl. The fourth-order valence-electron chi connectivity index (χ4n) is 1.03. The topological polar surface area (TPSA) is 80.3 Å². The molecule has 1 N–H and O–H groups in total. The van der Waals surface area contributed by atoms with Crippen molar-refractivity contribution in [1.82, 2.24) is 0 Å². The predicted octanol–water partition coefficient (Wildman–Crippen LogP) is 2.81. The highest BCUT2D eigenvalue weighted by Gasteiger charge is 2.29. The zero-order valence-electron chi connectivity index (χ0n) is 10.4. The van der Waals surface area contributed by atoms with Gasteiger partial charge in [0.1, 0.15) is 0 Å². The van der Waals surface area contributed by atoms with E-state index in [1.807, 2.05) is 0 Å². The first-order valence-corrected chi connectivity index (χ1v) is 9.28. The molecule has 1 aromatic rings. The van der Waals surface area contributed by atoms with Crippen LogP contribution in [0.3, 0.4) is 0 Å². The second kappa shape index (κ2) is 5.12. The van der Waals surface area contributed by atoms with Crippen LogP contribution in [0.4, 0.5) is 5.69 Å². The van der Waals surface area contributed by atoms with Crippen molar-refractivity contribution in [2.75, 3.05) is 4.72 Å². The molecular formula is C10H13Cl2NO4S2. The van der Waals surface area contributed by atoms with Gasteiger partial charge in [-0.05, 0) is 39.0 Å². The number of rotatable bonds is 3. The molecule has 0 bridgehead atoms. The standard InChI is InChI=1S/C10H13Cl2NO4S2/c1-10(2,3)19(16,17)13-9-5-4-7(6-8(9)11)18(12,14)15/h4-6,13H,1-3H3. The predicted molar refractivity (Wildman–Crippen MR) is 76.8 cm³/mol. The highest BCUT2D eigenvalue weighted by molar-refractivity contribution is 8.13. The highest BCUT2D eigenvalue weighted by Crippen LogP contribution is 2.29. The summed E-state index contributed by atoms with van der Waals surface area (Å²) in [6.07, 6.45) is 0. The van der Waals surface area contributed by atoms with Gasteiger partial charge in [-0.2, -0.15) is 0 Å². The average molecular weight is 346 g/mol. The van der Waals surface area contributed by atoms with Crippen molar-refractivity contribution in [2.45, 2.75) is 30.4 Å². The van der Waals surface area contributed by atoms with Crippen molar-refractivity contribution in [1.29, 1.82) is 0 Å². The van der Waals surface area contributed by atoms with Crippen molar-refractivity contribution in [3.05, 3.63) is 23.2 Å². The van der Waals surface area contributed by atoms with Crippen LogP contribution in [0.1, 0.15) is 20.8 Å². The minimum atomic E-state index is -3.90. The number of nitrogens with one attached hydrogen (secondary N) is 1. The number of benzene rings is 1.